The van der Waals surface area contributed by atoms with Crippen LogP contribution in [0, 0.1) is 0 Å². The highest BCUT2D eigenvalue weighted by Crippen LogP contribution is 2.53. The van der Waals surface area contributed by atoms with Gasteiger partial charge >= 0.3 is 0 Å². The molecule has 710 valence electrons. The lowest BCUT2D eigenvalue weighted by Crippen LogP contribution is -2.11. The molecule has 29 aromatic rings. The molecule has 6 heterocycles. The van der Waals surface area contributed by atoms with E-state index in [9.17, 15) is 0 Å². The summed E-state index contributed by atoms with van der Waals surface area (Å²) in [5.74, 6) is 0. The first-order chi connectivity index (χ1) is 74.4. The van der Waals surface area contributed by atoms with Crippen molar-refractivity contribution in [3.63, 3.8) is 0 Å². The fourth-order valence-electron chi connectivity index (χ4n) is 21.5. The van der Waals surface area contributed by atoms with Gasteiger partial charge in [-0.15, -0.1) is 22.7 Å². The summed E-state index contributed by atoms with van der Waals surface area (Å²) in [5.41, 5.74) is 31.0. The number of anilines is 18. The van der Waals surface area contributed by atoms with Crippen molar-refractivity contribution in [1.82, 2.24) is 0 Å². The van der Waals surface area contributed by atoms with E-state index >= 15 is 0 Å². The maximum atomic E-state index is 6.63. The number of thiophene rings is 2. The van der Waals surface area contributed by atoms with Crippen LogP contribution >= 0.6 is 22.7 Å². The molecule has 0 aliphatic rings. The van der Waals surface area contributed by atoms with E-state index in [4.69, 9.17) is 17.7 Å². The minimum atomic E-state index is 0.805. The zero-order valence-corrected chi connectivity index (χ0v) is 82.9. The summed E-state index contributed by atoms with van der Waals surface area (Å²) < 4.78 is 31.2. The van der Waals surface area contributed by atoms with Gasteiger partial charge in [-0.25, -0.2) is 0 Å². The summed E-state index contributed by atoms with van der Waals surface area (Å²) in [4.78, 5) is 14.0. The second-order valence-corrected chi connectivity index (χ2v) is 39.5. The quantitative estimate of drug-likeness (QED) is 0.0737. The van der Waals surface area contributed by atoms with Crippen molar-refractivity contribution in [2.45, 2.75) is 0 Å². The van der Waals surface area contributed by atoms with Crippen LogP contribution in [0.15, 0.2) is 576 Å². The highest BCUT2D eigenvalue weighted by atomic mass is 32.1. The van der Waals surface area contributed by atoms with Gasteiger partial charge in [0.1, 0.15) is 44.7 Å². The van der Waals surface area contributed by atoms with E-state index in [1.165, 1.54) is 62.6 Å². The molecular weight excluding hydrogens is 1870 g/mol. The van der Waals surface area contributed by atoms with Gasteiger partial charge in [0.25, 0.3) is 0 Å². The van der Waals surface area contributed by atoms with E-state index in [2.05, 4.69) is 545 Å². The molecule has 12 heteroatoms. The Morgan fingerprint density at radius 2 is 0.353 bits per heavy atom. The summed E-state index contributed by atoms with van der Waals surface area (Å²) in [6.07, 6.45) is 0. The van der Waals surface area contributed by atoms with Gasteiger partial charge in [0, 0.05) is 159 Å². The van der Waals surface area contributed by atoms with E-state index < -0.39 is 0 Å². The van der Waals surface area contributed by atoms with Crippen molar-refractivity contribution < 1.29 is 17.7 Å². The van der Waals surface area contributed by atoms with Crippen LogP contribution in [0.25, 0.3) is 150 Å². The molecule has 0 aliphatic carbocycles. The maximum absolute atomic E-state index is 6.63. The van der Waals surface area contributed by atoms with Gasteiger partial charge in [0.2, 0.25) is 0 Å². The molecule has 0 unspecified atom stereocenters. The van der Waals surface area contributed by atoms with E-state index in [0.29, 0.717) is 0 Å². The van der Waals surface area contributed by atoms with Gasteiger partial charge in [-0.1, -0.05) is 285 Å². The highest BCUT2D eigenvalue weighted by molar-refractivity contribution is 7.26. The largest absolute Gasteiger partial charge is 0.456 e. The molecule has 0 amide bonds. The first-order valence-corrected chi connectivity index (χ1v) is 52.1. The van der Waals surface area contributed by atoms with Crippen LogP contribution in [0.5, 0.6) is 0 Å². The first-order valence-electron chi connectivity index (χ1n) is 50.5. The van der Waals surface area contributed by atoms with Crippen molar-refractivity contribution >= 4 is 253 Å². The zero-order valence-electron chi connectivity index (χ0n) is 81.2. The monoisotopic (exact) mass is 1960 g/mol. The van der Waals surface area contributed by atoms with Crippen molar-refractivity contribution in [2.75, 3.05) is 29.4 Å². The lowest BCUT2D eigenvalue weighted by Gasteiger charge is -2.27. The number of hydrogen-bond donors (Lipinski definition) is 0. The lowest BCUT2D eigenvalue weighted by molar-refractivity contribution is 0.668. The van der Waals surface area contributed by atoms with Gasteiger partial charge in [-0.05, 0) is 289 Å². The number of furan rings is 4. The summed E-state index contributed by atoms with van der Waals surface area (Å²) in [6, 6.07) is 197. The maximum Gasteiger partial charge on any atom is 0.137 e. The van der Waals surface area contributed by atoms with Gasteiger partial charge in [-0.3, -0.25) is 0 Å². The molecule has 0 saturated heterocycles. The Hall–Kier alpha value is -19.5. The Labute approximate surface area is 874 Å². The van der Waals surface area contributed by atoms with E-state index in [1.54, 1.807) is 0 Å². The lowest BCUT2D eigenvalue weighted by atomic mass is 10.0. The summed E-state index contributed by atoms with van der Waals surface area (Å²) in [7, 11) is 0. The van der Waals surface area contributed by atoms with Gasteiger partial charge in [0.15, 0.2) is 0 Å². The Bertz CT molecular complexity index is 9730. The summed E-state index contributed by atoms with van der Waals surface area (Å²) >= 11 is 3.69. The third-order valence-corrected chi connectivity index (χ3v) is 30.6. The second kappa shape index (κ2) is 38.9. The molecule has 29 rings (SSSR count). The molecule has 0 saturated carbocycles. The van der Waals surface area contributed by atoms with Gasteiger partial charge in [0.05, 0.1) is 33.2 Å². The summed E-state index contributed by atoms with van der Waals surface area (Å²) in [5, 5.41) is 13.5. The standard InChI is InChI=1S/C48H30N2O3.C48H34N2S.C42H28N2OS/c1-3-13-31(14-4-1)49(32-15-5-2-6-16-32)33-26-28-43-38(29-33)48-40(20-12-24-45(48)52-43)50(34-25-27-36-35-17-7-9-21-41(35)53-46(36)30-34)39-19-11-23-44-47(39)37-18-8-10-22-42(37)51-44;1-5-13-35(14-6-1)37-21-25-41(26-22-37)49(39-17-9-3-10-18-39)43-29-31-47-45(33-43)46-34-44(30-32-48(46)51-47)50(40-19-11-4-12-20-40)42-27-23-38(24-28-42)36-15-7-2-8-16-36;1-4-13-29(14-5-1)43(33-24-26-41-35(27-33)34-19-10-11-22-40(34)46-41)32-23-25-38-36(28-32)42-37(20-12-21-39(42)45-38)44(30-15-6-2-7-16-30)31-17-8-3-9-18-31/h1-30H;1-34H;1-28H. The van der Waals surface area contributed by atoms with Crippen molar-refractivity contribution in [1.29, 1.82) is 0 Å². The Morgan fingerprint density at radius 1 is 0.120 bits per heavy atom. The van der Waals surface area contributed by atoms with Crippen LogP contribution in [0.4, 0.5) is 102 Å². The molecule has 6 aromatic heterocycles. The SMILES string of the molecule is c1ccc(-c2ccc(N(c3ccccc3)c3ccc4sc5ccc(N(c6ccccc6)c6ccc(-c7ccccc7)cc6)cc5c4c3)cc2)cc1.c1ccc(N(c2ccc3sc4ccccc4c3c2)c2ccc3oc4cccc(N(c5ccccc5)c5ccccc5)c4c3c2)cc1.c1ccc(N(c2ccccc2)c2ccc3oc4cccc(N(c5ccc6c(c5)oc5ccccc56)c5cccc6oc7ccccc7c56)c4c3c2)cc1. The molecule has 0 fully saturated rings. The van der Waals surface area contributed by atoms with Crippen LogP contribution < -0.4 is 29.4 Å². The highest BCUT2D eigenvalue weighted by Gasteiger charge is 2.29. The second-order valence-electron chi connectivity index (χ2n) is 37.3. The Morgan fingerprint density at radius 3 is 0.747 bits per heavy atom. The fraction of sp³-hybridized carbons (Fsp3) is 0. The molecule has 0 aliphatic heterocycles. The average molecular weight is 1960 g/mol. The number of benzene rings is 23. The van der Waals surface area contributed by atoms with Crippen LogP contribution in [0.1, 0.15) is 0 Å². The van der Waals surface area contributed by atoms with Crippen molar-refractivity contribution in [3.8, 4) is 22.3 Å². The molecule has 150 heavy (non-hydrogen) atoms. The number of hydrogen-bond acceptors (Lipinski definition) is 12. The zero-order chi connectivity index (χ0) is 99.3. The van der Waals surface area contributed by atoms with Gasteiger partial charge < -0.3 is 47.1 Å². The van der Waals surface area contributed by atoms with E-state index in [1.807, 2.05) is 65.1 Å². The molecular formula is C138H92N6O4S2. The van der Waals surface area contributed by atoms with Crippen LogP contribution in [0.3, 0.4) is 0 Å². The van der Waals surface area contributed by atoms with Crippen LogP contribution in [0.2, 0.25) is 0 Å². The molecule has 10 nitrogen and oxygen atoms in total. The van der Waals surface area contributed by atoms with Crippen LogP contribution in [-0.2, 0) is 0 Å². The molecule has 0 atom stereocenters. The fourth-order valence-corrected chi connectivity index (χ4v) is 23.6. The topological polar surface area (TPSA) is 72.0 Å². The normalized spacial score (nSPS) is 11.5. The minimum absolute atomic E-state index is 0.805. The van der Waals surface area contributed by atoms with Gasteiger partial charge in [-0.2, -0.15) is 0 Å². The van der Waals surface area contributed by atoms with Crippen LogP contribution in [-0.4, -0.2) is 0 Å². The predicted octanol–water partition coefficient (Wildman–Crippen LogP) is 41.5. The smallest absolute Gasteiger partial charge is 0.137 e. The third kappa shape index (κ3) is 16.7. The number of para-hydroxylation sites is 9. The Kier molecular flexibility index (Phi) is 23.2. The molecule has 23 aromatic carbocycles. The number of rotatable bonds is 20. The molecule has 0 spiro atoms. The summed E-state index contributed by atoms with van der Waals surface area (Å²) in [6.45, 7) is 0. The predicted molar refractivity (Wildman–Crippen MR) is 633 cm³/mol. The van der Waals surface area contributed by atoms with E-state index in [-0.39, 0.29) is 0 Å². The molecule has 0 radical (unpaired) electrons. The third-order valence-electron chi connectivity index (χ3n) is 28.3. The van der Waals surface area contributed by atoms with Crippen molar-refractivity contribution in [2.24, 2.45) is 0 Å². The Balaban J connectivity index is 0.000000111. The average Bonchev–Trinajstić information content (AvgIpc) is 1.56. The molecule has 0 bridgehead atoms. The van der Waals surface area contributed by atoms with E-state index in [0.717, 1.165) is 190 Å². The first kappa shape index (κ1) is 89.4. The number of fused-ring (bicyclic) bond motifs is 18. The minimum Gasteiger partial charge on any atom is -0.456 e. The molecule has 0 N–H and O–H groups in total. The van der Waals surface area contributed by atoms with Crippen molar-refractivity contribution in [3.05, 3.63) is 558 Å². The number of nitrogens with zero attached hydrogens (tertiary/aromatic N) is 6.